The first-order chi connectivity index (χ1) is 34.6. The number of aryl methyl sites for hydroxylation is 4. The van der Waals surface area contributed by atoms with E-state index in [0.717, 1.165) is 30.5 Å². The largest absolute Gasteiger partial charge is 0.494 e. The van der Waals surface area contributed by atoms with Crippen molar-refractivity contribution in [2.45, 2.75) is 116 Å². The molecule has 2 aliphatic heterocycles. The van der Waals surface area contributed by atoms with Crippen LogP contribution < -0.4 is 31.6 Å². The molecule has 24 nitrogen and oxygen atoms in total. The van der Waals surface area contributed by atoms with Crippen molar-refractivity contribution in [3.05, 3.63) is 81.9 Å². The molecule has 4 aromatic heterocycles. The number of nitrogens with zero attached hydrogens (tertiary/aromatic N) is 8. The van der Waals surface area contributed by atoms with Gasteiger partial charge in [0.1, 0.15) is 52.6 Å². The van der Waals surface area contributed by atoms with E-state index in [0.29, 0.717) is 64.4 Å². The van der Waals surface area contributed by atoms with Crippen molar-refractivity contribution in [3.8, 4) is 11.5 Å². The van der Waals surface area contributed by atoms with E-state index < -0.39 is 61.3 Å². The van der Waals surface area contributed by atoms with E-state index in [1.165, 1.54) is 32.4 Å². The minimum atomic E-state index is -1.42. The van der Waals surface area contributed by atoms with Crippen LogP contribution in [0.1, 0.15) is 92.7 Å². The summed E-state index contributed by atoms with van der Waals surface area (Å²) >= 11 is 0. The molecule has 0 bridgehead atoms. The molecule has 0 spiro atoms. The first-order valence-electron chi connectivity index (χ1n) is 23.8. The monoisotopic (exact) mass is 998 g/mol. The Morgan fingerprint density at radius 2 is 1.53 bits per heavy atom. The Labute approximate surface area is 413 Å². The number of benzene rings is 2. The fraction of sp³-hybridized carbons (Fsp3) is 0.479. The van der Waals surface area contributed by atoms with E-state index in [1.807, 2.05) is 32.9 Å². The van der Waals surface area contributed by atoms with Gasteiger partial charge in [0.2, 0.25) is 23.7 Å². The zero-order valence-corrected chi connectivity index (χ0v) is 40.8. The predicted octanol–water partition coefficient (Wildman–Crippen LogP) is 2.20. The van der Waals surface area contributed by atoms with Crippen LogP contribution in [0.4, 0.5) is 11.9 Å². The fourth-order valence-electron chi connectivity index (χ4n) is 9.28. The molecule has 1 saturated heterocycles. The molecule has 6 atom stereocenters. The number of carbonyl (C=O) groups is 3. The maximum absolute atomic E-state index is 14.6. The van der Waals surface area contributed by atoms with Crippen LogP contribution in [0.2, 0.25) is 0 Å². The summed E-state index contributed by atoms with van der Waals surface area (Å²) in [5.41, 5.74) is 16.5. The summed E-state index contributed by atoms with van der Waals surface area (Å²) in [6.45, 7) is 6.33. The number of fused-ring (bicyclic) bond motifs is 8. The second-order valence-electron chi connectivity index (χ2n) is 17.6. The van der Waals surface area contributed by atoms with Crippen molar-refractivity contribution in [3.63, 3.8) is 0 Å². The molecule has 0 radical (unpaired) electrons. The molecule has 72 heavy (non-hydrogen) atoms. The Morgan fingerprint density at radius 3 is 2.18 bits per heavy atom. The quantitative estimate of drug-likeness (QED) is 0.0644. The Bertz CT molecular complexity index is 2970. The Kier molecular flexibility index (Phi) is 15.9. The number of aliphatic hydroxyl groups is 4. The average Bonchev–Trinajstić information content (AvgIpc) is 4.11. The summed E-state index contributed by atoms with van der Waals surface area (Å²) in [5.74, 6) is -0.944. The molecule has 0 saturated carbocycles. The first-order valence-corrected chi connectivity index (χ1v) is 23.8. The maximum atomic E-state index is 14.6. The minimum Gasteiger partial charge on any atom is -0.494 e. The number of amides is 3. The van der Waals surface area contributed by atoms with E-state index in [4.69, 9.17) is 50.2 Å². The molecule has 8 rings (SSSR count). The molecule has 2 aliphatic rings. The Balaban J connectivity index is 1.18. The number of anilines is 2. The lowest BCUT2D eigenvalue weighted by Gasteiger charge is -2.41. The SMILES string of the molecule is CCn1nc(C)c2c1C(=O)Nc1nc3cc(C(N)=O)cc(OCCCO[C@H]4[C@@H](OC)O[C@H](CO)[C@@H](O)[C@@H]4O)c3n1C/C=C/Cn1c(nc3cc(C(N)=O)cc(OC)c31)NC(O)c1cc(C)nn1CCCCC2. The van der Waals surface area contributed by atoms with Gasteiger partial charge in [-0.1, -0.05) is 18.6 Å². The number of methoxy groups -OCH3 is 2. The van der Waals surface area contributed by atoms with Crippen molar-refractivity contribution in [2.75, 3.05) is 44.7 Å². The highest BCUT2D eigenvalue weighted by atomic mass is 16.7. The van der Waals surface area contributed by atoms with E-state index in [-0.39, 0.29) is 61.5 Å². The molecule has 386 valence electrons. The molecule has 2 aromatic carbocycles. The summed E-state index contributed by atoms with van der Waals surface area (Å²) in [6, 6.07) is 7.89. The van der Waals surface area contributed by atoms with Crippen molar-refractivity contribution >= 4 is 51.7 Å². The zero-order chi connectivity index (χ0) is 51.4. The van der Waals surface area contributed by atoms with E-state index >= 15 is 0 Å². The van der Waals surface area contributed by atoms with Crippen LogP contribution in [-0.2, 0) is 46.8 Å². The molecule has 10 N–H and O–H groups in total. The third-order valence-corrected chi connectivity index (χ3v) is 12.8. The van der Waals surface area contributed by atoms with Gasteiger partial charge in [0.05, 0.1) is 55.0 Å². The summed E-state index contributed by atoms with van der Waals surface area (Å²) in [5, 5.41) is 58.2. The number of hydrogen-bond donors (Lipinski definition) is 8. The van der Waals surface area contributed by atoms with Gasteiger partial charge in [-0.05, 0) is 70.4 Å². The highest BCUT2D eigenvalue weighted by molar-refractivity contribution is 6.05. The van der Waals surface area contributed by atoms with Gasteiger partial charge in [-0.15, -0.1) is 0 Å². The highest BCUT2D eigenvalue weighted by Crippen LogP contribution is 2.34. The van der Waals surface area contributed by atoms with Gasteiger partial charge in [-0.2, -0.15) is 10.2 Å². The standard InChI is InChI=1S/C48H62N12O12/c1-6-59-36-29(26(3)56-59)13-8-7-9-16-60-32(19-25(2)55-60)44(66)53-47-51-30-20-27(42(49)64)22-33(68-4)37(30)57(47)14-10-11-15-58-38-31(52-48(58)54-45(36)67)21-28(43(50)65)23-34(38)70-17-12-18-71-41-40(63)39(62)35(24-61)72-46(41)69-5/h10-11,19-23,35,39-41,44,46,61-63,66H,6-9,12-18,24H2,1-5H3,(H2,49,64)(H2,50,65)(H,51,53)(H,52,54,67)/b11-10+/t35-,39-,40+,41-,44?,46+/m1/s1. The van der Waals surface area contributed by atoms with Crippen LogP contribution in [0.5, 0.6) is 11.5 Å². The van der Waals surface area contributed by atoms with Gasteiger partial charge in [-0.25, -0.2) is 9.97 Å². The van der Waals surface area contributed by atoms with Gasteiger partial charge >= 0.3 is 0 Å². The van der Waals surface area contributed by atoms with E-state index in [2.05, 4.69) is 15.7 Å². The van der Waals surface area contributed by atoms with Gasteiger partial charge in [0.25, 0.3) is 5.91 Å². The molecule has 1 unspecified atom stereocenters. The third kappa shape index (κ3) is 10.5. The smallest absolute Gasteiger partial charge is 0.276 e. The molecule has 6 aromatic rings. The molecule has 1 fully saturated rings. The number of imidazole rings is 2. The van der Waals surface area contributed by atoms with Crippen LogP contribution in [0, 0.1) is 13.8 Å². The number of aromatic nitrogens is 8. The highest BCUT2D eigenvalue weighted by Gasteiger charge is 2.45. The number of rotatable bonds is 12. The van der Waals surface area contributed by atoms with Crippen molar-refractivity contribution in [1.29, 1.82) is 0 Å². The zero-order valence-electron chi connectivity index (χ0n) is 40.8. The van der Waals surface area contributed by atoms with Crippen molar-refractivity contribution in [1.82, 2.24) is 38.7 Å². The lowest BCUT2D eigenvalue weighted by Crippen LogP contribution is -2.59. The third-order valence-electron chi connectivity index (χ3n) is 12.8. The number of nitrogens with two attached hydrogens (primary N) is 2. The van der Waals surface area contributed by atoms with E-state index in [9.17, 15) is 34.8 Å². The van der Waals surface area contributed by atoms with Gasteiger partial charge in [-0.3, -0.25) is 29.1 Å². The van der Waals surface area contributed by atoms with Crippen molar-refractivity contribution in [2.24, 2.45) is 11.5 Å². The number of primary amides is 2. The molecule has 0 aliphatic carbocycles. The molecular formula is C48H62N12O12. The normalized spacial score (nSPS) is 21.7. The van der Waals surface area contributed by atoms with Crippen LogP contribution in [-0.4, -0.2) is 142 Å². The van der Waals surface area contributed by atoms with E-state index in [1.54, 1.807) is 30.6 Å². The number of hydrogen-bond acceptors (Lipinski definition) is 17. The van der Waals surface area contributed by atoms with Gasteiger partial charge in [0.15, 0.2) is 12.5 Å². The van der Waals surface area contributed by atoms with Crippen LogP contribution in [0.3, 0.4) is 0 Å². The summed E-state index contributed by atoms with van der Waals surface area (Å²) in [4.78, 5) is 49.4. The lowest BCUT2D eigenvalue weighted by molar-refractivity contribution is -0.303. The average molecular weight is 999 g/mol. The number of carbonyl (C=O) groups excluding carboxylic acids is 3. The second-order valence-corrected chi connectivity index (χ2v) is 17.6. The summed E-state index contributed by atoms with van der Waals surface area (Å²) < 4.78 is 35.9. The Hall–Kier alpha value is -6.93. The topological polar surface area (TPSA) is 326 Å². The number of nitrogens with one attached hydrogen (secondary N) is 2. The summed E-state index contributed by atoms with van der Waals surface area (Å²) in [7, 11) is 2.82. The van der Waals surface area contributed by atoms with Crippen LogP contribution in [0.15, 0.2) is 42.5 Å². The molecule has 6 heterocycles. The molecule has 3 amide bonds. The first kappa shape index (κ1) is 51.4. The number of allylic oxidation sites excluding steroid dienone is 2. The Morgan fingerprint density at radius 1 is 0.861 bits per heavy atom. The van der Waals surface area contributed by atoms with Gasteiger partial charge in [0, 0.05) is 56.4 Å². The second kappa shape index (κ2) is 22.2. The number of aliphatic hydroxyl groups excluding tert-OH is 4. The van der Waals surface area contributed by atoms with Crippen LogP contribution >= 0.6 is 0 Å². The lowest BCUT2D eigenvalue weighted by atomic mass is 9.99. The van der Waals surface area contributed by atoms with Crippen LogP contribution in [0.25, 0.3) is 22.1 Å². The predicted molar refractivity (Wildman–Crippen MR) is 261 cm³/mol. The van der Waals surface area contributed by atoms with Crippen molar-refractivity contribution < 1.29 is 58.5 Å². The molecule has 24 heteroatoms. The maximum Gasteiger partial charge on any atom is 0.276 e. The van der Waals surface area contributed by atoms with Gasteiger partial charge < -0.3 is 70.0 Å². The number of ether oxygens (including phenoxy) is 5. The summed E-state index contributed by atoms with van der Waals surface area (Å²) in [6.07, 6.45) is -0.578. The fourth-order valence-corrected chi connectivity index (χ4v) is 9.28. The molecular weight excluding hydrogens is 937 g/mol. The minimum absolute atomic E-state index is 0.0188.